The van der Waals surface area contributed by atoms with Crippen LogP contribution in [0.4, 0.5) is 5.69 Å². The smallest absolute Gasteiger partial charge is 0.251 e. The maximum Gasteiger partial charge on any atom is 0.251 e. The van der Waals surface area contributed by atoms with Crippen molar-refractivity contribution in [2.75, 3.05) is 5.32 Å². The van der Waals surface area contributed by atoms with Crippen molar-refractivity contribution < 1.29 is 4.79 Å². The topological polar surface area (TPSA) is 128 Å². The molecule has 0 bridgehead atoms. The van der Waals surface area contributed by atoms with Crippen LogP contribution in [0.1, 0.15) is 35.0 Å². The second-order valence-corrected chi connectivity index (χ2v) is 6.96. The van der Waals surface area contributed by atoms with Crippen LogP contribution in [0.3, 0.4) is 0 Å². The van der Waals surface area contributed by atoms with Crippen LogP contribution in [-0.4, -0.2) is 45.4 Å². The minimum atomic E-state index is -0.268. The highest BCUT2D eigenvalue weighted by molar-refractivity contribution is 5.95. The third-order valence-corrected chi connectivity index (χ3v) is 4.83. The largest absolute Gasteiger partial charge is 0.378 e. The number of aryl methyl sites for hydroxylation is 1. The van der Waals surface area contributed by atoms with Crippen molar-refractivity contribution in [3.8, 4) is 11.5 Å². The summed E-state index contributed by atoms with van der Waals surface area (Å²) in [7, 11) is 3.67. The first-order valence-electron chi connectivity index (χ1n) is 9.66. The number of nitrogens with zero attached hydrogens (tertiary/aromatic N) is 8. The number of anilines is 1. The van der Waals surface area contributed by atoms with Gasteiger partial charge in [0, 0.05) is 31.5 Å². The molecule has 0 saturated carbocycles. The Bertz CT molecular complexity index is 1180. The molecule has 0 aliphatic heterocycles. The molecule has 0 radical (unpaired) electrons. The van der Waals surface area contributed by atoms with E-state index in [4.69, 9.17) is 0 Å². The number of aromatic nitrogens is 8. The van der Waals surface area contributed by atoms with E-state index in [1.165, 1.54) is 12.7 Å². The lowest BCUT2D eigenvalue weighted by Gasteiger charge is -2.14. The number of nitrogens with one attached hydrogen (secondary N) is 2. The van der Waals surface area contributed by atoms with E-state index in [0.29, 0.717) is 29.5 Å². The quantitative estimate of drug-likeness (QED) is 0.462. The van der Waals surface area contributed by atoms with Gasteiger partial charge < -0.3 is 15.2 Å². The van der Waals surface area contributed by atoms with E-state index in [0.717, 1.165) is 11.5 Å². The number of hydrogen-bond donors (Lipinski definition) is 2. The number of carbonyl (C=O) groups excluding carboxylic acids is 1. The Labute approximate surface area is 178 Å². The molecule has 0 spiro atoms. The summed E-state index contributed by atoms with van der Waals surface area (Å²) < 4.78 is 3.51. The van der Waals surface area contributed by atoms with E-state index in [9.17, 15) is 4.79 Å². The van der Waals surface area contributed by atoms with Gasteiger partial charge in [0.15, 0.2) is 11.6 Å². The molecule has 0 aliphatic rings. The number of amides is 1. The highest BCUT2D eigenvalue weighted by Crippen LogP contribution is 2.16. The molecule has 2 N–H and O–H groups in total. The summed E-state index contributed by atoms with van der Waals surface area (Å²) in [6, 6.07) is 8.79. The van der Waals surface area contributed by atoms with Gasteiger partial charge in [-0.05, 0) is 31.2 Å². The predicted molar refractivity (Wildman–Crippen MR) is 113 cm³/mol. The summed E-state index contributed by atoms with van der Waals surface area (Å²) in [6.07, 6.45) is 4.60. The maximum absolute atomic E-state index is 12.7. The van der Waals surface area contributed by atoms with Gasteiger partial charge in [-0.25, -0.2) is 15.0 Å². The Morgan fingerprint density at radius 1 is 1.13 bits per heavy atom. The Morgan fingerprint density at radius 2 is 2.00 bits per heavy atom. The van der Waals surface area contributed by atoms with E-state index >= 15 is 0 Å². The van der Waals surface area contributed by atoms with Crippen LogP contribution < -0.4 is 10.6 Å². The molecule has 3 heterocycles. The zero-order chi connectivity index (χ0) is 21.8. The maximum atomic E-state index is 12.7. The van der Waals surface area contributed by atoms with Crippen molar-refractivity contribution in [2.24, 2.45) is 14.1 Å². The number of carbonyl (C=O) groups is 1. The molecule has 0 saturated heterocycles. The molecule has 1 unspecified atom stereocenters. The van der Waals surface area contributed by atoms with Crippen molar-refractivity contribution in [1.82, 2.24) is 44.8 Å². The molecule has 1 aromatic carbocycles. The Balaban J connectivity index is 1.42. The van der Waals surface area contributed by atoms with Crippen molar-refractivity contribution in [2.45, 2.75) is 19.5 Å². The molecule has 0 aliphatic carbocycles. The van der Waals surface area contributed by atoms with Crippen LogP contribution >= 0.6 is 0 Å². The molecular formula is C20H22N10O. The van der Waals surface area contributed by atoms with E-state index < -0.39 is 0 Å². The lowest BCUT2D eigenvalue weighted by atomic mass is 10.1. The van der Waals surface area contributed by atoms with Crippen molar-refractivity contribution in [1.29, 1.82) is 0 Å². The van der Waals surface area contributed by atoms with Crippen molar-refractivity contribution >= 4 is 11.6 Å². The normalized spacial score (nSPS) is 11.8. The third kappa shape index (κ3) is 4.39. The predicted octanol–water partition coefficient (Wildman–Crippen LogP) is 1.50. The number of benzene rings is 1. The molecule has 31 heavy (non-hydrogen) atoms. The summed E-state index contributed by atoms with van der Waals surface area (Å²) in [4.78, 5) is 25.0. The molecule has 1 atom stereocenters. The highest BCUT2D eigenvalue weighted by Gasteiger charge is 2.16. The van der Waals surface area contributed by atoms with Gasteiger partial charge in [0.05, 0.1) is 12.6 Å². The van der Waals surface area contributed by atoms with Gasteiger partial charge in [-0.1, -0.05) is 6.07 Å². The Hall–Kier alpha value is -4.15. The fourth-order valence-corrected chi connectivity index (χ4v) is 3.15. The molecule has 11 nitrogen and oxygen atoms in total. The van der Waals surface area contributed by atoms with Crippen LogP contribution in [-0.2, 0) is 20.6 Å². The number of rotatable bonds is 7. The minimum Gasteiger partial charge on any atom is -0.378 e. The second-order valence-electron chi connectivity index (χ2n) is 6.96. The number of hydrogen-bond acceptors (Lipinski definition) is 8. The van der Waals surface area contributed by atoms with Crippen molar-refractivity contribution in [3.63, 3.8) is 0 Å². The molecule has 0 fully saturated rings. The molecule has 3 aromatic heterocycles. The summed E-state index contributed by atoms with van der Waals surface area (Å²) in [5, 5.41) is 18.7. The van der Waals surface area contributed by atoms with E-state index in [-0.39, 0.29) is 11.9 Å². The average Bonchev–Trinajstić information content (AvgIpc) is 3.38. The average molecular weight is 418 g/mol. The second kappa shape index (κ2) is 8.69. The van der Waals surface area contributed by atoms with Crippen LogP contribution in [0, 0.1) is 0 Å². The first-order chi connectivity index (χ1) is 15.0. The van der Waals surface area contributed by atoms with E-state index in [1.54, 1.807) is 36.1 Å². The van der Waals surface area contributed by atoms with Gasteiger partial charge in [-0.2, -0.15) is 5.10 Å². The van der Waals surface area contributed by atoms with E-state index in [1.807, 2.05) is 30.7 Å². The first-order valence-corrected chi connectivity index (χ1v) is 9.66. The first kappa shape index (κ1) is 20.1. The summed E-state index contributed by atoms with van der Waals surface area (Å²) in [5.74, 6) is 1.89. The molecule has 158 valence electrons. The van der Waals surface area contributed by atoms with Gasteiger partial charge in [-0.3, -0.25) is 9.48 Å². The summed E-state index contributed by atoms with van der Waals surface area (Å²) in [5.41, 5.74) is 2.04. The lowest BCUT2D eigenvalue weighted by molar-refractivity contribution is 0.0937. The standard InChI is InChI=1S/C20H22N10O/c1-13(18-24-12-25-30(18)3)26-20(31)14-5-4-6-15(9-14)22-10-17-27-28-19(29(17)2)16-7-8-21-11-23-16/h4-9,11-13,22H,10H2,1-3H3,(H,26,31). The third-order valence-electron chi connectivity index (χ3n) is 4.83. The van der Waals surface area contributed by atoms with E-state index in [2.05, 4.69) is 40.9 Å². The Morgan fingerprint density at radius 3 is 2.74 bits per heavy atom. The van der Waals surface area contributed by atoms with Crippen LogP contribution in [0.25, 0.3) is 11.5 Å². The zero-order valence-corrected chi connectivity index (χ0v) is 17.4. The zero-order valence-electron chi connectivity index (χ0n) is 17.4. The fourth-order valence-electron chi connectivity index (χ4n) is 3.15. The molecule has 11 heteroatoms. The van der Waals surface area contributed by atoms with Crippen molar-refractivity contribution in [3.05, 3.63) is 66.4 Å². The molecule has 4 rings (SSSR count). The SMILES string of the molecule is CC(NC(=O)c1cccc(NCc2nnc(-c3ccncn3)n2C)c1)c1ncnn1C. The lowest BCUT2D eigenvalue weighted by Crippen LogP contribution is -2.28. The monoisotopic (exact) mass is 418 g/mol. The molecule has 4 aromatic rings. The van der Waals surface area contributed by atoms with Crippen LogP contribution in [0.15, 0.2) is 49.2 Å². The van der Waals surface area contributed by atoms with Gasteiger partial charge in [0.1, 0.15) is 24.2 Å². The highest BCUT2D eigenvalue weighted by atomic mass is 16.1. The van der Waals surface area contributed by atoms with Gasteiger partial charge in [-0.15, -0.1) is 10.2 Å². The molecule has 1 amide bonds. The molecular weight excluding hydrogens is 396 g/mol. The van der Waals surface area contributed by atoms with Crippen LogP contribution in [0.5, 0.6) is 0 Å². The summed E-state index contributed by atoms with van der Waals surface area (Å²) in [6.45, 7) is 2.31. The summed E-state index contributed by atoms with van der Waals surface area (Å²) >= 11 is 0. The minimum absolute atomic E-state index is 0.191. The Kier molecular flexibility index (Phi) is 5.65. The van der Waals surface area contributed by atoms with Gasteiger partial charge in [0.2, 0.25) is 0 Å². The van der Waals surface area contributed by atoms with Gasteiger partial charge in [0.25, 0.3) is 5.91 Å². The van der Waals surface area contributed by atoms with Gasteiger partial charge >= 0.3 is 0 Å². The fraction of sp³-hybridized carbons (Fsp3) is 0.250. The van der Waals surface area contributed by atoms with Crippen LogP contribution in [0.2, 0.25) is 0 Å².